The van der Waals surface area contributed by atoms with Crippen LogP contribution >= 0.6 is 0 Å². The van der Waals surface area contributed by atoms with Crippen molar-refractivity contribution in [1.29, 1.82) is 0 Å². The van der Waals surface area contributed by atoms with Gasteiger partial charge in [-0.15, -0.1) is 5.10 Å². The number of tetrazole rings is 1. The van der Waals surface area contributed by atoms with Crippen molar-refractivity contribution >= 4 is 9.84 Å². The average molecular weight is 342 g/mol. The molecule has 1 aromatic heterocycles. The van der Waals surface area contributed by atoms with Crippen molar-refractivity contribution in [3.63, 3.8) is 0 Å². The van der Waals surface area contributed by atoms with Crippen LogP contribution in [0.3, 0.4) is 0 Å². The van der Waals surface area contributed by atoms with E-state index < -0.39 is 9.84 Å². The Hall–Kier alpha value is -1.06. The molecule has 2 saturated heterocycles. The van der Waals surface area contributed by atoms with E-state index in [1.807, 2.05) is 4.68 Å². The molecule has 3 rings (SSSR count). The molecular weight excluding hydrogens is 316 g/mol. The van der Waals surface area contributed by atoms with Crippen LogP contribution in [0.1, 0.15) is 33.0 Å². The Kier molecular flexibility index (Phi) is 4.45. The summed E-state index contributed by atoms with van der Waals surface area (Å²) in [6.45, 7) is 10.7. The molecule has 0 amide bonds. The third kappa shape index (κ3) is 3.89. The zero-order valence-electron chi connectivity index (χ0n) is 14.1. The highest BCUT2D eigenvalue weighted by molar-refractivity contribution is 7.91. The van der Waals surface area contributed by atoms with Crippen LogP contribution in [0.4, 0.5) is 0 Å². The number of sulfone groups is 1. The Labute approximate surface area is 137 Å². The zero-order chi connectivity index (χ0) is 16.7. The van der Waals surface area contributed by atoms with Crippen molar-refractivity contribution in [3.8, 4) is 0 Å². The monoisotopic (exact) mass is 342 g/mol. The molecule has 0 aromatic carbocycles. The van der Waals surface area contributed by atoms with Crippen LogP contribution in [-0.4, -0.2) is 82.2 Å². The largest absolute Gasteiger partial charge is 0.297 e. The molecule has 1 aromatic rings. The number of aromatic nitrogens is 4. The SMILES string of the molecule is CC(C)(C)c1nnnn1CN1CCN(C2CCS(=O)(=O)C2)CC1. The van der Waals surface area contributed by atoms with Gasteiger partial charge in [-0.2, -0.15) is 0 Å². The lowest BCUT2D eigenvalue weighted by Gasteiger charge is -2.37. The van der Waals surface area contributed by atoms with E-state index in [1.165, 1.54) is 0 Å². The van der Waals surface area contributed by atoms with Crippen LogP contribution in [0.25, 0.3) is 0 Å². The predicted molar refractivity (Wildman–Crippen MR) is 86.7 cm³/mol. The van der Waals surface area contributed by atoms with Crippen LogP contribution in [0, 0.1) is 0 Å². The molecule has 0 N–H and O–H groups in total. The van der Waals surface area contributed by atoms with E-state index in [0.717, 1.165) is 38.4 Å². The minimum atomic E-state index is -2.81. The van der Waals surface area contributed by atoms with Gasteiger partial charge in [0.25, 0.3) is 0 Å². The van der Waals surface area contributed by atoms with Crippen molar-refractivity contribution in [2.75, 3.05) is 37.7 Å². The summed E-state index contributed by atoms with van der Waals surface area (Å²) in [5.74, 6) is 1.56. The van der Waals surface area contributed by atoms with Gasteiger partial charge < -0.3 is 0 Å². The standard InChI is InChI=1S/C14H26N6O2S/c1-14(2,3)13-15-16-17-20(13)11-18-5-7-19(8-6-18)12-4-9-23(21,22)10-12/h12H,4-11H2,1-3H3. The molecule has 2 aliphatic rings. The number of hydrogen-bond donors (Lipinski definition) is 0. The molecular formula is C14H26N6O2S. The molecule has 2 fully saturated rings. The topological polar surface area (TPSA) is 84.2 Å². The first-order valence-corrected chi connectivity index (χ1v) is 10.0. The summed E-state index contributed by atoms with van der Waals surface area (Å²) in [7, 11) is -2.81. The molecule has 2 aliphatic heterocycles. The minimum Gasteiger partial charge on any atom is -0.297 e. The smallest absolute Gasteiger partial charge is 0.158 e. The summed E-state index contributed by atoms with van der Waals surface area (Å²) in [5, 5.41) is 12.1. The molecule has 1 atom stereocenters. The lowest BCUT2D eigenvalue weighted by atomic mass is 9.96. The molecule has 8 nitrogen and oxygen atoms in total. The van der Waals surface area contributed by atoms with E-state index in [2.05, 4.69) is 46.1 Å². The van der Waals surface area contributed by atoms with Crippen molar-refractivity contribution in [2.45, 2.75) is 45.3 Å². The Bertz CT molecular complexity index is 642. The fourth-order valence-corrected chi connectivity index (χ4v) is 5.12. The van der Waals surface area contributed by atoms with Gasteiger partial charge in [-0.05, 0) is 16.8 Å². The second-order valence-electron chi connectivity index (χ2n) is 7.60. The van der Waals surface area contributed by atoms with E-state index in [1.54, 1.807) is 0 Å². The molecule has 1 unspecified atom stereocenters. The number of rotatable bonds is 3. The normalized spacial score (nSPS) is 26.7. The maximum Gasteiger partial charge on any atom is 0.158 e. The van der Waals surface area contributed by atoms with Crippen molar-refractivity contribution < 1.29 is 8.42 Å². The molecule has 23 heavy (non-hydrogen) atoms. The van der Waals surface area contributed by atoms with E-state index in [4.69, 9.17) is 0 Å². The van der Waals surface area contributed by atoms with Gasteiger partial charge in [-0.25, -0.2) is 13.1 Å². The molecule has 0 saturated carbocycles. The molecule has 3 heterocycles. The van der Waals surface area contributed by atoms with E-state index in [0.29, 0.717) is 18.2 Å². The summed E-state index contributed by atoms with van der Waals surface area (Å²) in [6.07, 6.45) is 0.781. The highest BCUT2D eigenvalue weighted by Gasteiger charge is 2.34. The number of hydrogen-bond acceptors (Lipinski definition) is 7. The van der Waals surface area contributed by atoms with Crippen LogP contribution in [0.5, 0.6) is 0 Å². The summed E-state index contributed by atoms with van der Waals surface area (Å²) in [4.78, 5) is 4.65. The van der Waals surface area contributed by atoms with Crippen molar-refractivity contribution in [3.05, 3.63) is 5.82 Å². The molecule has 130 valence electrons. The van der Waals surface area contributed by atoms with Crippen LogP contribution in [0.15, 0.2) is 0 Å². The van der Waals surface area contributed by atoms with Gasteiger partial charge in [0.05, 0.1) is 18.2 Å². The molecule has 9 heteroatoms. The first-order valence-electron chi connectivity index (χ1n) is 8.18. The van der Waals surface area contributed by atoms with E-state index >= 15 is 0 Å². The lowest BCUT2D eigenvalue weighted by molar-refractivity contribution is 0.0790. The third-order valence-electron chi connectivity index (χ3n) is 4.67. The first kappa shape index (κ1) is 16.8. The Morgan fingerprint density at radius 1 is 1.17 bits per heavy atom. The molecule has 0 spiro atoms. The van der Waals surface area contributed by atoms with E-state index in [9.17, 15) is 8.42 Å². The van der Waals surface area contributed by atoms with Gasteiger partial charge >= 0.3 is 0 Å². The average Bonchev–Trinajstić information content (AvgIpc) is 3.05. The quantitative estimate of drug-likeness (QED) is 0.748. The van der Waals surface area contributed by atoms with Crippen molar-refractivity contribution in [1.82, 2.24) is 30.0 Å². The van der Waals surface area contributed by atoms with Gasteiger partial charge in [-0.1, -0.05) is 20.8 Å². The zero-order valence-corrected chi connectivity index (χ0v) is 15.0. The molecule has 0 bridgehead atoms. The summed E-state index contributed by atoms with van der Waals surface area (Å²) >= 11 is 0. The second-order valence-corrected chi connectivity index (χ2v) is 9.83. The third-order valence-corrected chi connectivity index (χ3v) is 6.42. The fourth-order valence-electron chi connectivity index (χ4n) is 3.36. The summed E-state index contributed by atoms with van der Waals surface area (Å²) in [5.41, 5.74) is -0.0798. The van der Waals surface area contributed by atoms with Gasteiger partial charge in [0.1, 0.15) is 0 Å². The maximum atomic E-state index is 11.6. The van der Waals surface area contributed by atoms with Crippen LogP contribution in [0.2, 0.25) is 0 Å². The van der Waals surface area contributed by atoms with E-state index in [-0.39, 0.29) is 11.5 Å². The molecule has 0 aliphatic carbocycles. The Balaban J connectivity index is 1.55. The Morgan fingerprint density at radius 2 is 1.87 bits per heavy atom. The highest BCUT2D eigenvalue weighted by Crippen LogP contribution is 2.21. The number of piperazine rings is 1. The summed E-state index contributed by atoms with van der Waals surface area (Å²) in [6, 6.07) is 0.209. The lowest BCUT2D eigenvalue weighted by Crippen LogP contribution is -2.51. The summed E-state index contributed by atoms with van der Waals surface area (Å²) < 4.78 is 25.1. The van der Waals surface area contributed by atoms with Crippen LogP contribution < -0.4 is 0 Å². The van der Waals surface area contributed by atoms with Gasteiger partial charge in [0, 0.05) is 37.6 Å². The number of nitrogens with zero attached hydrogens (tertiary/aromatic N) is 6. The fraction of sp³-hybridized carbons (Fsp3) is 0.929. The second kappa shape index (κ2) is 6.10. The predicted octanol–water partition coefficient (Wildman–Crippen LogP) is -0.267. The maximum absolute atomic E-state index is 11.6. The minimum absolute atomic E-state index is 0.0798. The van der Waals surface area contributed by atoms with Crippen LogP contribution in [-0.2, 0) is 21.9 Å². The van der Waals surface area contributed by atoms with Gasteiger partial charge in [0.15, 0.2) is 15.7 Å². The first-order chi connectivity index (χ1) is 10.7. The van der Waals surface area contributed by atoms with Gasteiger partial charge in [0.2, 0.25) is 0 Å². The highest BCUT2D eigenvalue weighted by atomic mass is 32.2. The Morgan fingerprint density at radius 3 is 2.43 bits per heavy atom. The van der Waals surface area contributed by atoms with Gasteiger partial charge in [-0.3, -0.25) is 9.80 Å². The molecule has 0 radical (unpaired) electrons. The van der Waals surface area contributed by atoms with Crippen molar-refractivity contribution in [2.24, 2.45) is 0 Å².